The predicted molar refractivity (Wildman–Crippen MR) is 160 cm³/mol. The lowest BCUT2D eigenvalue weighted by atomic mass is 10.2. The minimum absolute atomic E-state index is 0.155. The summed E-state index contributed by atoms with van der Waals surface area (Å²) in [6.07, 6.45) is -0.0660. The molecule has 0 aliphatic carbocycles. The van der Waals surface area contributed by atoms with Crippen LogP contribution in [0.1, 0.15) is 38.4 Å². The third-order valence-electron chi connectivity index (χ3n) is 6.75. The number of hydrogen-bond donors (Lipinski definition) is 2. The zero-order chi connectivity index (χ0) is 30.7. The number of hydrazine groups is 1. The summed E-state index contributed by atoms with van der Waals surface area (Å²) < 4.78 is 45.8. The first-order valence-corrected chi connectivity index (χ1v) is 15.4. The van der Waals surface area contributed by atoms with Gasteiger partial charge in [-0.1, -0.05) is 17.7 Å². The number of aryl methyl sites for hydroxylation is 1. The van der Waals surface area contributed by atoms with Crippen LogP contribution in [0.5, 0.6) is 5.75 Å². The summed E-state index contributed by atoms with van der Waals surface area (Å²) in [6.45, 7) is 9.10. The Bertz CT molecular complexity index is 1480. The third kappa shape index (κ3) is 7.78. The van der Waals surface area contributed by atoms with Crippen LogP contribution >= 0.6 is 0 Å². The molecule has 2 N–H and O–H groups in total. The third-order valence-corrected chi connectivity index (χ3v) is 8.35. The Morgan fingerprint density at radius 1 is 1.14 bits per heavy atom. The number of amides is 1. The molecule has 1 saturated heterocycles. The molecule has 1 aliphatic heterocycles. The Balaban J connectivity index is 1.60. The molecular formula is C29H42N6O6S. The summed E-state index contributed by atoms with van der Waals surface area (Å²) in [6, 6.07) is 12.0. The van der Waals surface area contributed by atoms with Crippen molar-refractivity contribution in [2.45, 2.75) is 63.5 Å². The van der Waals surface area contributed by atoms with Gasteiger partial charge < -0.3 is 19.1 Å². The van der Waals surface area contributed by atoms with E-state index in [1.54, 1.807) is 50.5 Å². The van der Waals surface area contributed by atoms with E-state index < -0.39 is 21.7 Å². The van der Waals surface area contributed by atoms with Crippen molar-refractivity contribution in [1.82, 2.24) is 29.8 Å². The van der Waals surface area contributed by atoms with Gasteiger partial charge in [-0.25, -0.2) is 10.2 Å². The number of likely N-dealkylation sites (N-methyl/N-ethyl adjacent to an activating group) is 2. The number of hydrogen-bond acceptors (Lipinski definition) is 10. The molecule has 1 amide bonds. The van der Waals surface area contributed by atoms with Crippen molar-refractivity contribution in [1.29, 1.82) is 0 Å². The first-order valence-electron chi connectivity index (χ1n) is 13.9. The minimum atomic E-state index is -3.96. The van der Waals surface area contributed by atoms with Crippen molar-refractivity contribution in [2.75, 3.05) is 40.8 Å². The molecule has 0 spiro atoms. The molecule has 1 fully saturated rings. The summed E-state index contributed by atoms with van der Waals surface area (Å²) in [5.41, 5.74) is 7.31. The van der Waals surface area contributed by atoms with Crippen LogP contribution in [0.25, 0.3) is 10.9 Å². The van der Waals surface area contributed by atoms with Gasteiger partial charge in [-0.2, -0.15) is 17.6 Å². The second kappa shape index (κ2) is 13.0. The summed E-state index contributed by atoms with van der Waals surface area (Å²) in [5, 5.41) is 5.27. The average molecular weight is 603 g/mol. The number of carbonyl (C=O) groups excluding carboxylic acids is 1. The van der Waals surface area contributed by atoms with Crippen LogP contribution < -0.4 is 15.6 Å². The zero-order valence-corrected chi connectivity index (χ0v) is 26.2. The number of carbonyl (C=O) groups is 1. The Morgan fingerprint density at radius 2 is 1.86 bits per heavy atom. The van der Waals surface area contributed by atoms with E-state index in [1.807, 2.05) is 45.7 Å². The van der Waals surface area contributed by atoms with Gasteiger partial charge in [-0.15, -0.1) is 0 Å². The predicted octanol–water partition coefficient (Wildman–Crippen LogP) is 3.10. The average Bonchev–Trinajstić information content (AvgIpc) is 3.51. The van der Waals surface area contributed by atoms with Gasteiger partial charge in [-0.05, 0) is 72.1 Å². The van der Waals surface area contributed by atoms with Crippen LogP contribution in [0.3, 0.4) is 0 Å². The second-order valence-corrected chi connectivity index (χ2v) is 13.4. The van der Waals surface area contributed by atoms with Crippen LogP contribution in [0.15, 0.2) is 47.4 Å². The number of rotatable bonds is 11. The fourth-order valence-corrected chi connectivity index (χ4v) is 5.84. The first kappa shape index (κ1) is 31.7. The van der Waals surface area contributed by atoms with Crippen LogP contribution in [-0.2, 0) is 26.0 Å². The largest absolute Gasteiger partial charge is 0.488 e. The molecule has 4 rings (SSSR count). The van der Waals surface area contributed by atoms with E-state index in [9.17, 15) is 13.2 Å². The molecule has 3 aromatic rings. The highest BCUT2D eigenvalue weighted by molar-refractivity contribution is 7.90. The molecule has 0 saturated carbocycles. The van der Waals surface area contributed by atoms with Gasteiger partial charge in [0.1, 0.15) is 23.7 Å². The second-order valence-electron chi connectivity index (χ2n) is 11.6. The number of aromatic nitrogens is 2. The van der Waals surface area contributed by atoms with Gasteiger partial charge in [0.2, 0.25) is 0 Å². The summed E-state index contributed by atoms with van der Waals surface area (Å²) in [4.78, 5) is 16.0. The molecular weight excluding hydrogens is 560 g/mol. The lowest BCUT2D eigenvalue weighted by Gasteiger charge is -2.26. The van der Waals surface area contributed by atoms with Crippen LogP contribution in [0, 0.1) is 6.92 Å². The van der Waals surface area contributed by atoms with E-state index >= 15 is 0 Å². The van der Waals surface area contributed by atoms with E-state index in [0.717, 1.165) is 9.65 Å². The fourth-order valence-electron chi connectivity index (χ4n) is 4.53. The first-order chi connectivity index (χ1) is 19.8. The van der Waals surface area contributed by atoms with E-state index in [4.69, 9.17) is 14.2 Å². The molecule has 2 unspecified atom stereocenters. The minimum Gasteiger partial charge on any atom is -0.488 e. The quantitative estimate of drug-likeness (QED) is 0.316. The van der Waals surface area contributed by atoms with E-state index in [0.29, 0.717) is 55.0 Å². The molecule has 42 heavy (non-hydrogen) atoms. The summed E-state index contributed by atoms with van der Waals surface area (Å²) >= 11 is 0. The van der Waals surface area contributed by atoms with Gasteiger partial charge in [0, 0.05) is 38.5 Å². The summed E-state index contributed by atoms with van der Waals surface area (Å²) in [7, 11) is 1.40. The molecule has 13 heteroatoms. The van der Waals surface area contributed by atoms with E-state index in [-0.39, 0.29) is 17.2 Å². The van der Waals surface area contributed by atoms with Gasteiger partial charge in [-0.3, -0.25) is 10.3 Å². The molecule has 0 radical (unpaired) electrons. The fraction of sp³-hybridized carbons (Fsp3) is 0.517. The lowest BCUT2D eigenvalue weighted by Crippen LogP contribution is -2.38. The van der Waals surface area contributed by atoms with Crippen molar-refractivity contribution >= 4 is 27.0 Å². The smallest absolute Gasteiger partial charge is 0.410 e. The van der Waals surface area contributed by atoms with Gasteiger partial charge >= 0.3 is 6.09 Å². The molecule has 2 atom stereocenters. The molecule has 2 aromatic carbocycles. The highest BCUT2D eigenvalue weighted by Gasteiger charge is 2.28. The van der Waals surface area contributed by atoms with Crippen molar-refractivity contribution in [3.05, 3.63) is 53.7 Å². The maximum Gasteiger partial charge on any atom is 0.410 e. The van der Waals surface area contributed by atoms with Crippen LogP contribution in [0.2, 0.25) is 0 Å². The SMILES string of the molecule is CNNC1CC(Oc2ccc3c(c2)c(CN(C)CCN(C)C(=O)OC(C)(C)C)nn3S(=O)(=O)c2ccc(C)cc2)CO1. The van der Waals surface area contributed by atoms with Crippen molar-refractivity contribution in [3.8, 4) is 5.75 Å². The molecule has 12 nitrogen and oxygen atoms in total. The van der Waals surface area contributed by atoms with E-state index in [1.165, 1.54) is 4.90 Å². The van der Waals surface area contributed by atoms with Gasteiger partial charge in [0.25, 0.3) is 10.0 Å². The van der Waals surface area contributed by atoms with E-state index in [2.05, 4.69) is 16.0 Å². The van der Waals surface area contributed by atoms with Crippen molar-refractivity contribution in [3.63, 3.8) is 0 Å². The normalized spacial score (nSPS) is 17.6. The Labute approximate surface area is 247 Å². The maximum absolute atomic E-state index is 13.7. The molecule has 0 bridgehead atoms. The zero-order valence-electron chi connectivity index (χ0n) is 25.4. The number of nitrogens with zero attached hydrogens (tertiary/aromatic N) is 4. The number of fused-ring (bicyclic) bond motifs is 1. The Kier molecular flexibility index (Phi) is 9.78. The molecule has 1 aromatic heterocycles. The lowest BCUT2D eigenvalue weighted by molar-refractivity contribution is 0.0286. The van der Waals surface area contributed by atoms with Crippen molar-refractivity contribution in [2.24, 2.45) is 0 Å². The Hall–Kier alpha value is -3.23. The van der Waals surface area contributed by atoms with Crippen molar-refractivity contribution < 1.29 is 27.4 Å². The molecule has 2 heterocycles. The van der Waals surface area contributed by atoms with Crippen LogP contribution in [0.4, 0.5) is 4.79 Å². The highest BCUT2D eigenvalue weighted by atomic mass is 32.2. The number of ether oxygens (including phenoxy) is 3. The van der Waals surface area contributed by atoms with Crippen LogP contribution in [-0.4, -0.2) is 92.3 Å². The van der Waals surface area contributed by atoms with Gasteiger partial charge in [0.05, 0.1) is 22.7 Å². The number of nitrogens with one attached hydrogen (secondary N) is 2. The summed E-state index contributed by atoms with van der Waals surface area (Å²) in [5.74, 6) is 0.599. The highest BCUT2D eigenvalue weighted by Crippen LogP contribution is 2.29. The molecule has 230 valence electrons. The standard InChI is InChI=1S/C29H42N6O6S/c1-20-8-11-23(12-9-20)42(37,38)35-26-13-10-21(40-22-17-27(31-30-5)39-19-22)16-24(26)25(32-35)18-33(6)14-15-34(7)28(36)41-29(2,3)4/h8-13,16,22,27,30-31H,14-15,17-19H2,1-7H3. The maximum atomic E-state index is 13.7. The topological polar surface area (TPSA) is 127 Å². The number of benzene rings is 2. The monoisotopic (exact) mass is 602 g/mol. The van der Waals surface area contributed by atoms with Gasteiger partial charge in [0.15, 0.2) is 0 Å². The Morgan fingerprint density at radius 3 is 2.52 bits per heavy atom. The molecule has 1 aliphatic rings.